The van der Waals surface area contributed by atoms with Crippen LogP contribution in [-0.4, -0.2) is 44.8 Å². The molecular formula is C24H29N5O2S2. The Morgan fingerprint density at radius 1 is 1.00 bits per heavy atom. The molecule has 0 amide bonds. The molecule has 7 nitrogen and oxygen atoms in total. The van der Waals surface area contributed by atoms with Crippen molar-refractivity contribution in [2.75, 3.05) is 36.6 Å². The van der Waals surface area contributed by atoms with Crippen molar-refractivity contribution in [1.29, 1.82) is 0 Å². The summed E-state index contributed by atoms with van der Waals surface area (Å²) in [5.74, 6) is 0.624. The van der Waals surface area contributed by atoms with Crippen molar-refractivity contribution in [3.05, 3.63) is 66.1 Å². The van der Waals surface area contributed by atoms with E-state index < -0.39 is 10.0 Å². The summed E-state index contributed by atoms with van der Waals surface area (Å²) >= 11 is 1.54. The number of hydrogen-bond donors (Lipinski definition) is 2. The van der Waals surface area contributed by atoms with Gasteiger partial charge in [-0.25, -0.2) is 23.1 Å². The monoisotopic (exact) mass is 483 g/mol. The Bertz CT molecular complexity index is 1190. The van der Waals surface area contributed by atoms with E-state index in [0.29, 0.717) is 17.9 Å². The highest BCUT2D eigenvalue weighted by Gasteiger charge is 2.15. The Balaban J connectivity index is 1.50. The van der Waals surface area contributed by atoms with Crippen LogP contribution in [0.15, 0.2) is 64.6 Å². The molecule has 1 fully saturated rings. The van der Waals surface area contributed by atoms with Crippen molar-refractivity contribution in [2.45, 2.75) is 35.5 Å². The molecule has 0 aliphatic carbocycles. The predicted octanol–water partition coefficient (Wildman–Crippen LogP) is 4.43. The smallest absolute Gasteiger partial charge is 0.240 e. The third-order valence-electron chi connectivity index (χ3n) is 5.78. The van der Waals surface area contributed by atoms with E-state index in [1.54, 1.807) is 18.2 Å². The summed E-state index contributed by atoms with van der Waals surface area (Å²) in [6, 6.07) is 15.6. The van der Waals surface area contributed by atoms with Crippen LogP contribution in [0.25, 0.3) is 0 Å². The second-order valence-corrected chi connectivity index (χ2v) is 10.7. The van der Waals surface area contributed by atoms with Crippen LogP contribution in [0.2, 0.25) is 0 Å². The van der Waals surface area contributed by atoms with Crippen molar-refractivity contribution in [1.82, 2.24) is 14.7 Å². The summed E-state index contributed by atoms with van der Waals surface area (Å²) in [5.41, 5.74) is 4.05. The van der Waals surface area contributed by atoms with Crippen LogP contribution in [0.4, 0.5) is 17.2 Å². The van der Waals surface area contributed by atoms with Crippen LogP contribution in [0, 0.1) is 0 Å². The first-order valence-electron chi connectivity index (χ1n) is 11.0. The molecule has 0 saturated carbocycles. The van der Waals surface area contributed by atoms with Gasteiger partial charge < -0.3 is 10.2 Å². The maximum absolute atomic E-state index is 12.2. The molecule has 1 saturated heterocycles. The molecular weight excluding hydrogens is 454 g/mol. The molecule has 2 aromatic carbocycles. The van der Waals surface area contributed by atoms with E-state index >= 15 is 0 Å². The average Bonchev–Trinajstić information content (AvgIpc) is 2.85. The highest BCUT2D eigenvalue weighted by Crippen LogP contribution is 2.30. The summed E-state index contributed by atoms with van der Waals surface area (Å²) in [6.45, 7) is 2.27. The quantitative estimate of drug-likeness (QED) is 0.458. The molecule has 0 atom stereocenters. The van der Waals surface area contributed by atoms with Crippen molar-refractivity contribution in [3.8, 4) is 0 Å². The Labute approximate surface area is 200 Å². The van der Waals surface area contributed by atoms with E-state index in [9.17, 15) is 8.42 Å². The van der Waals surface area contributed by atoms with Crippen molar-refractivity contribution < 1.29 is 8.42 Å². The van der Waals surface area contributed by atoms with Gasteiger partial charge in [-0.05, 0) is 68.5 Å². The van der Waals surface area contributed by atoms with E-state index in [1.165, 1.54) is 55.7 Å². The molecule has 1 aliphatic heterocycles. The van der Waals surface area contributed by atoms with Gasteiger partial charge >= 0.3 is 0 Å². The fourth-order valence-corrected chi connectivity index (χ4v) is 5.25. The minimum Gasteiger partial charge on any atom is -0.372 e. The molecule has 4 rings (SSSR count). The van der Waals surface area contributed by atoms with Crippen LogP contribution < -0.4 is 14.9 Å². The van der Waals surface area contributed by atoms with E-state index in [-0.39, 0.29) is 4.90 Å². The first kappa shape index (κ1) is 23.5. The molecule has 0 radical (unpaired) electrons. The van der Waals surface area contributed by atoms with Crippen LogP contribution in [0.5, 0.6) is 0 Å². The summed E-state index contributed by atoms with van der Waals surface area (Å²) in [4.78, 5) is 12.3. The minimum absolute atomic E-state index is 0.202. The van der Waals surface area contributed by atoms with Gasteiger partial charge in [0, 0.05) is 36.2 Å². The highest BCUT2D eigenvalue weighted by molar-refractivity contribution is 7.98. The molecule has 0 unspecified atom stereocenters. The number of nitrogens with zero attached hydrogens (tertiary/aromatic N) is 3. The van der Waals surface area contributed by atoms with Gasteiger partial charge in [0.2, 0.25) is 10.0 Å². The van der Waals surface area contributed by atoms with Crippen molar-refractivity contribution >= 4 is 39.0 Å². The third-order valence-corrected chi connectivity index (χ3v) is 7.99. The molecule has 0 bridgehead atoms. The molecule has 2 heterocycles. The van der Waals surface area contributed by atoms with E-state index in [2.05, 4.69) is 49.2 Å². The fourth-order valence-electron chi connectivity index (χ4n) is 3.96. The van der Waals surface area contributed by atoms with Gasteiger partial charge in [-0.2, -0.15) is 0 Å². The van der Waals surface area contributed by atoms with Gasteiger partial charge in [0.05, 0.1) is 16.3 Å². The zero-order chi connectivity index (χ0) is 23.3. The number of thioether (sulfide) groups is 1. The van der Waals surface area contributed by atoms with Crippen molar-refractivity contribution in [2.24, 2.45) is 0 Å². The van der Waals surface area contributed by atoms with Crippen LogP contribution in [-0.2, 0) is 16.4 Å². The zero-order valence-electron chi connectivity index (χ0n) is 18.9. The lowest BCUT2D eigenvalue weighted by molar-refractivity contribution is 0.578. The first-order chi connectivity index (χ1) is 16.0. The molecule has 0 spiro atoms. The van der Waals surface area contributed by atoms with Gasteiger partial charge in [-0.15, -0.1) is 11.8 Å². The van der Waals surface area contributed by atoms with Gasteiger partial charge in [0.25, 0.3) is 0 Å². The van der Waals surface area contributed by atoms with Gasteiger partial charge in [-0.1, -0.05) is 12.1 Å². The van der Waals surface area contributed by atoms with Gasteiger partial charge in [0.1, 0.15) is 12.1 Å². The van der Waals surface area contributed by atoms with Crippen LogP contribution in [0.1, 0.15) is 30.5 Å². The highest BCUT2D eigenvalue weighted by atomic mass is 32.2. The SMILES string of the molecule is CNS(=O)(=O)c1ccc(SC)c(Nc2cc(Cc3ccc(N4CCCCC4)cc3)ncn2)c1. The number of sulfonamides is 1. The second kappa shape index (κ2) is 10.5. The Hall–Kier alpha value is -2.62. The summed E-state index contributed by atoms with van der Waals surface area (Å²) in [6.07, 6.45) is 8.03. The molecule has 33 heavy (non-hydrogen) atoms. The van der Waals surface area contributed by atoms with Crippen LogP contribution in [0.3, 0.4) is 0 Å². The summed E-state index contributed by atoms with van der Waals surface area (Å²) in [7, 11) is -2.13. The molecule has 3 aromatic rings. The lowest BCUT2D eigenvalue weighted by Crippen LogP contribution is -2.29. The summed E-state index contributed by atoms with van der Waals surface area (Å²) in [5, 5.41) is 3.27. The predicted molar refractivity (Wildman–Crippen MR) is 135 cm³/mol. The lowest BCUT2D eigenvalue weighted by Gasteiger charge is -2.28. The zero-order valence-corrected chi connectivity index (χ0v) is 20.5. The van der Waals surface area contributed by atoms with E-state index in [1.807, 2.05) is 12.3 Å². The second-order valence-electron chi connectivity index (χ2n) is 7.98. The van der Waals surface area contributed by atoms with E-state index in [0.717, 1.165) is 23.7 Å². The lowest BCUT2D eigenvalue weighted by atomic mass is 10.1. The number of piperidine rings is 1. The maximum atomic E-state index is 12.2. The van der Waals surface area contributed by atoms with Gasteiger partial charge in [-0.3, -0.25) is 0 Å². The molecule has 9 heteroatoms. The number of benzene rings is 2. The molecule has 174 valence electrons. The van der Waals surface area contributed by atoms with Crippen molar-refractivity contribution in [3.63, 3.8) is 0 Å². The average molecular weight is 484 g/mol. The number of nitrogens with one attached hydrogen (secondary N) is 2. The van der Waals surface area contributed by atoms with Gasteiger partial charge in [0.15, 0.2) is 0 Å². The standard InChI is InChI=1S/C24H29N5O2S2/c1-25-33(30,31)21-10-11-23(32-2)22(16-21)28-24-15-19(26-17-27-24)14-18-6-8-20(9-7-18)29-12-4-3-5-13-29/h6-11,15-17,25H,3-5,12-14H2,1-2H3,(H,26,27,28). The normalized spacial score (nSPS) is 14.3. The summed E-state index contributed by atoms with van der Waals surface area (Å²) < 4.78 is 26.8. The molecule has 2 N–H and O–H groups in total. The van der Waals surface area contributed by atoms with E-state index in [4.69, 9.17) is 0 Å². The Morgan fingerprint density at radius 2 is 1.76 bits per heavy atom. The third kappa shape index (κ3) is 5.85. The minimum atomic E-state index is -3.53. The fraction of sp³-hybridized carbons (Fsp3) is 0.333. The molecule has 1 aliphatic rings. The Morgan fingerprint density at radius 3 is 2.45 bits per heavy atom. The number of aromatic nitrogens is 2. The van der Waals surface area contributed by atoms with Crippen LogP contribution >= 0.6 is 11.8 Å². The largest absolute Gasteiger partial charge is 0.372 e. The Kier molecular flexibility index (Phi) is 7.52. The first-order valence-corrected chi connectivity index (χ1v) is 13.7. The number of anilines is 3. The molecule has 1 aromatic heterocycles. The number of rotatable bonds is 8. The number of hydrogen-bond acceptors (Lipinski definition) is 7. The maximum Gasteiger partial charge on any atom is 0.240 e. The topological polar surface area (TPSA) is 87.2 Å².